The summed E-state index contributed by atoms with van der Waals surface area (Å²) in [6.45, 7) is 0.308. The molecule has 1 heterocycles. The molecule has 2 rings (SSSR count). The van der Waals surface area contributed by atoms with E-state index in [1.165, 1.54) is 29.5 Å². The molecule has 19 heavy (non-hydrogen) atoms. The van der Waals surface area contributed by atoms with E-state index in [-0.39, 0.29) is 16.3 Å². The lowest BCUT2D eigenvalue weighted by atomic mass is 10.2. The second kappa shape index (κ2) is 5.77. The first-order valence-electron chi connectivity index (χ1n) is 5.18. The summed E-state index contributed by atoms with van der Waals surface area (Å²) >= 11 is 7.25. The van der Waals surface area contributed by atoms with Crippen LogP contribution in [0.25, 0.3) is 0 Å². The second-order valence-electron chi connectivity index (χ2n) is 3.55. The standard InChI is InChI=1S/C11H8ClN3O3S/c12-10-8(2-1-3-9(10)15(17)18)11(16)14-5-7-4-13-6-19-7/h1-4,6H,5H2,(H,14,16). The molecule has 1 aromatic carbocycles. The summed E-state index contributed by atoms with van der Waals surface area (Å²) in [5.74, 6) is -0.456. The van der Waals surface area contributed by atoms with Gasteiger partial charge in [0.15, 0.2) is 0 Å². The first-order chi connectivity index (χ1) is 9.09. The van der Waals surface area contributed by atoms with Crippen LogP contribution in [0.15, 0.2) is 29.9 Å². The van der Waals surface area contributed by atoms with E-state index in [1.807, 2.05) is 0 Å². The molecule has 1 aromatic heterocycles. The van der Waals surface area contributed by atoms with Crippen molar-refractivity contribution < 1.29 is 9.72 Å². The van der Waals surface area contributed by atoms with Crippen LogP contribution in [0.2, 0.25) is 5.02 Å². The van der Waals surface area contributed by atoms with Gasteiger partial charge in [0.25, 0.3) is 11.6 Å². The third-order valence-electron chi connectivity index (χ3n) is 2.33. The van der Waals surface area contributed by atoms with Crippen LogP contribution in [0, 0.1) is 10.1 Å². The van der Waals surface area contributed by atoms with Gasteiger partial charge in [-0.15, -0.1) is 11.3 Å². The number of rotatable bonds is 4. The van der Waals surface area contributed by atoms with Crippen LogP contribution in [-0.4, -0.2) is 15.8 Å². The minimum Gasteiger partial charge on any atom is -0.347 e. The Hall–Kier alpha value is -1.99. The van der Waals surface area contributed by atoms with Crippen LogP contribution in [0.3, 0.4) is 0 Å². The quantitative estimate of drug-likeness (QED) is 0.694. The van der Waals surface area contributed by atoms with Gasteiger partial charge in [0.1, 0.15) is 5.02 Å². The van der Waals surface area contributed by atoms with Crippen molar-refractivity contribution in [2.75, 3.05) is 0 Å². The number of hydrogen-bond acceptors (Lipinski definition) is 5. The van der Waals surface area contributed by atoms with Crippen molar-refractivity contribution in [2.45, 2.75) is 6.54 Å². The zero-order valence-electron chi connectivity index (χ0n) is 9.50. The number of carbonyl (C=O) groups is 1. The number of benzene rings is 1. The third kappa shape index (κ3) is 3.07. The van der Waals surface area contributed by atoms with Crippen LogP contribution >= 0.6 is 22.9 Å². The van der Waals surface area contributed by atoms with Crippen LogP contribution in [0.1, 0.15) is 15.2 Å². The predicted octanol–water partition coefficient (Wildman–Crippen LogP) is 2.63. The fraction of sp³-hybridized carbons (Fsp3) is 0.0909. The van der Waals surface area contributed by atoms with Gasteiger partial charge in [-0.1, -0.05) is 17.7 Å². The number of nitrogens with one attached hydrogen (secondary N) is 1. The van der Waals surface area contributed by atoms with E-state index in [1.54, 1.807) is 11.7 Å². The molecule has 0 spiro atoms. The zero-order valence-corrected chi connectivity index (χ0v) is 11.1. The molecule has 0 unspecified atom stereocenters. The first kappa shape index (κ1) is 13.4. The smallest absolute Gasteiger partial charge is 0.288 e. The Morgan fingerprint density at radius 3 is 2.95 bits per heavy atom. The Balaban J connectivity index is 2.15. The van der Waals surface area contributed by atoms with Gasteiger partial charge in [-0.05, 0) is 6.07 Å². The van der Waals surface area contributed by atoms with Gasteiger partial charge >= 0.3 is 0 Å². The van der Waals surface area contributed by atoms with Crippen LogP contribution in [-0.2, 0) is 6.54 Å². The highest BCUT2D eigenvalue weighted by atomic mass is 35.5. The summed E-state index contributed by atoms with van der Waals surface area (Å²) in [4.78, 5) is 26.8. The molecule has 0 aliphatic rings. The number of carbonyl (C=O) groups excluding carboxylic acids is 1. The van der Waals surface area contributed by atoms with Crippen molar-refractivity contribution in [3.63, 3.8) is 0 Å². The molecule has 0 saturated carbocycles. The monoisotopic (exact) mass is 297 g/mol. The SMILES string of the molecule is O=C(NCc1cncs1)c1cccc([N+](=O)[O-])c1Cl. The van der Waals surface area contributed by atoms with E-state index in [2.05, 4.69) is 10.3 Å². The molecule has 0 radical (unpaired) electrons. The maximum atomic E-state index is 11.9. The van der Waals surface area contributed by atoms with Crippen molar-refractivity contribution in [3.05, 3.63) is 55.5 Å². The van der Waals surface area contributed by atoms with Gasteiger partial charge in [0.05, 0.1) is 22.5 Å². The van der Waals surface area contributed by atoms with E-state index in [4.69, 9.17) is 11.6 Å². The Labute approximate surface area is 117 Å². The fourth-order valence-electron chi connectivity index (χ4n) is 1.43. The van der Waals surface area contributed by atoms with Gasteiger partial charge in [-0.25, -0.2) is 0 Å². The number of amides is 1. The van der Waals surface area contributed by atoms with Gasteiger partial charge in [-0.2, -0.15) is 0 Å². The number of nitrogens with zero attached hydrogens (tertiary/aromatic N) is 2. The molecule has 1 amide bonds. The number of thiazole rings is 1. The van der Waals surface area contributed by atoms with E-state index >= 15 is 0 Å². The number of nitro benzene ring substituents is 1. The van der Waals surface area contributed by atoms with E-state index < -0.39 is 10.8 Å². The lowest BCUT2D eigenvalue weighted by molar-refractivity contribution is -0.384. The summed E-state index contributed by atoms with van der Waals surface area (Å²) < 4.78 is 0. The fourth-order valence-corrected chi connectivity index (χ4v) is 2.24. The highest BCUT2D eigenvalue weighted by Crippen LogP contribution is 2.27. The molecular weight excluding hydrogens is 290 g/mol. The average Bonchev–Trinajstić information content (AvgIpc) is 2.89. The molecule has 0 aliphatic carbocycles. The molecule has 8 heteroatoms. The highest BCUT2D eigenvalue weighted by molar-refractivity contribution is 7.09. The number of hydrogen-bond donors (Lipinski definition) is 1. The Morgan fingerprint density at radius 2 is 2.32 bits per heavy atom. The van der Waals surface area contributed by atoms with E-state index in [0.29, 0.717) is 6.54 Å². The molecular formula is C11H8ClN3O3S. The Morgan fingerprint density at radius 1 is 1.53 bits per heavy atom. The van der Waals surface area contributed by atoms with Crippen molar-refractivity contribution in [1.82, 2.24) is 10.3 Å². The van der Waals surface area contributed by atoms with Crippen LogP contribution in [0.4, 0.5) is 5.69 Å². The van der Waals surface area contributed by atoms with Gasteiger partial charge in [0.2, 0.25) is 0 Å². The molecule has 2 aromatic rings. The molecule has 0 fully saturated rings. The van der Waals surface area contributed by atoms with Crippen molar-refractivity contribution in [2.24, 2.45) is 0 Å². The second-order valence-corrected chi connectivity index (χ2v) is 4.90. The Kier molecular flexibility index (Phi) is 4.08. The van der Waals surface area contributed by atoms with Crippen molar-refractivity contribution in [1.29, 1.82) is 0 Å². The minimum atomic E-state index is -0.623. The maximum Gasteiger partial charge on any atom is 0.288 e. The Bertz CT molecular complexity index is 616. The summed E-state index contributed by atoms with van der Waals surface area (Å²) in [6, 6.07) is 4.12. The van der Waals surface area contributed by atoms with Crippen LogP contribution in [0.5, 0.6) is 0 Å². The molecule has 1 N–H and O–H groups in total. The summed E-state index contributed by atoms with van der Waals surface area (Å²) in [7, 11) is 0. The number of halogens is 1. The summed E-state index contributed by atoms with van der Waals surface area (Å²) in [6.07, 6.45) is 1.64. The van der Waals surface area contributed by atoms with Gasteiger partial charge in [-0.3, -0.25) is 19.9 Å². The molecule has 0 atom stereocenters. The van der Waals surface area contributed by atoms with Gasteiger partial charge < -0.3 is 5.32 Å². The first-order valence-corrected chi connectivity index (χ1v) is 6.44. The largest absolute Gasteiger partial charge is 0.347 e. The zero-order chi connectivity index (χ0) is 13.8. The average molecular weight is 298 g/mol. The number of aromatic nitrogens is 1. The van der Waals surface area contributed by atoms with E-state index in [0.717, 1.165) is 4.88 Å². The normalized spacial score (nSPS) is 10.2. The van der Waals surface area contributed by atoms with E-state index in [9.17, 15) is 14.9 Å². The highest BCUT2D eigenvalue weighted by Gasteiger charge is 2.19. The van der Waals surface area contributed by atoms with Crippen molar-refractivity contribution in [3.8, 4) is 0 Å². The molecule has 0 bridgehead atoms. The molecule has 0 aliphatic heterocycles. The van der Waals surface area contributed by atoms with Gasteiger partial charge in [0, 0.05) is 17.1 Å². The third-order valence-corrected chi connectivity index (χ3v) is 3.50. The van der Waals surface area contributed by atoms with Crippen molar-refractivity contribution >= 4 is 34.5 Å². The lowest BCUT2D eigenvalue weighted by Gasteiger charge is -2.05. The lowest BCUT2D eigenvalue weighted by Crippen LogP contribution is -2.22. The number of nitro groups is 1. The molecule has 0 saturated heterocycles. The minimum absolute atomic E-state index is 0.0837. The van der Waals surface area contributed by atoms with Crippen LogP contribution < -0.4 is 5.32 Å². The maximum absolute atomic E-state index is 11.9. The predicted molar refractivity (Wildman–Crippen MR) is 71.4 cm³/mol. The summed E-state index contributed by atoms with van der Waals surface area (Å²) in [5.41, 5.74) is 1.45. The molecule has 98 valence electrons. The summed E-state index contributed by atoms with van der Waals surface area (Å²) in [5, 5.41) is 13.2. The topological polar surface area (TPSA) is 85.1 Å². The molecule has 6 nitrogen and oxygen atoms in total.